The topological polar surface area (TPSA) is 77.1 Å². The van der Waals surface area contributed by atoms with Crippen molar-refractivity contribution in [2.24, 2.45) is 0 Å². The summed E-state index contributed by atoms with van der Waals surface area (Å²) in [6.07, 6.45) is 1.53. The molecule has 1 aromatic carbocycles. The van der Waals surface area contributed by atoms with E-state index in [-0.39, 0.29) is 11.5 Å². The molecule has 0 aliphatic carbocycles. The summed E-state index contributed by atoms with van der Waals surface area (Å²) >= 11 is 0. The largest absolute Gasteiger partial charge is 0.463 e. The Morgan fingerprint density at radius 1 is 1.15 bits per heavy atom. The molecule has 2 aromatic heterocycles. The average molecular weight is 351 g/mol. The zero-order chi connectivity index (χ0) is 18.9. The number of benzene rings is 1. The maximum absolute atomic E-state index is 12.9. The fraction of sp³-hybridized carbons (Fsp3) is 0.250. The van der Waals surface area contributed by atoms with E-state index in [1.165, 1.54) is 17.0 Å². The highest BCUT2D eigenvalue weighted by molar-refractivity contribution is 5.96. The summed E-state index contributed by atoms with van der Waals surface area (Å²) in [4.78, 5) is 25.3. The van der Waals surface area contributed by atoms with Crippen LogP contribution >= 0.6 is 0 Å². The van der Waals surface area contributed by atoms with Crippen molar-refractivity contribution in [1.82, 2.24) is 9.78 Å². The molecule has 2 heterocycles. The molecule has 134 valence electrons. The van der Waals surface area contributed by atoms with Gasteiger partial charge in [0, 0.05) is 11.8 Å². The summed E-state index contributed by atoms with van der Waals surface area (Å²) in [6.45, 7) is 7.20. The maximum Gasteiger partial charge on any atom is 0.267 e. The van der Waals surface area contributed by atoms with Crippen LogP contribution < -0.4 is 10.9 Å². The lowest BCUT2D eigenvalue weighted by molar-refractivity contribution is -0.123. The van der Waals surface area contributed by atoms with E-state index in [0.29, 0.717) is 11.5 Å². The molecule has 26 heavy (non-hydrogen) atoms. The minimum atomic E-state index is -1.18. The number of amides is 1. The highest BCUT2D eigenvalue weighted by Gasteiger charge is 2.32. The number of carbonyl (C=O) groups is 1. The third kappa shape index (κ3) is 3.31. The Morgan fingerprint density at radius 2 is 1.92 bits per heavy atom. The van der Waals surface area contributed by atoms with Gasteiger partial charge in [-0.2, -0.15) is 5.10 Å². The van der Waals surface area contributed by atoms with E-state index in [9.17, 15) is 9.59 Å². The lowest BCUT2D eigenvalue weighted by Crippen LogP contribution is -2.47. The fourth-order valence-corrected chi connectivity index (χ4v) is 2.61. The number of carbonyl (C=O) groups excluding carboxylic acids is 1. The number of hydrogen-bond acceptors (Lipinski definition) is 4. The quantitative estimate of drug-likeness (QED) is 0.780. The molecule has 1 N–H and O–H groups in total. The summed E-state index contributed by atoms with van der Waals surface area (Å²) in [5, 5.41) is 7.25. The molecule has 3 rings (SSSR count). The highest BCUT2D eigenvalue weighted by Crippen LogP contribution is 2.22. The van der Waals surface area contributed by atoms with Crippen LogP contribution in [0.5, 0.6) is 0 Å². The number of nitrogens with one attached hydrogen (secondary N) is 1. The monoisotopic (exact) mass is 351 g/mol. The second kappa shape index (κ2) is 6.63. The number of nitrogens with zero attached hydrogens (tertiary/aromatic N) is 2. The van der Waals surface area contributed by atoms with Crippen molar-refractivity contribution >= 4 is 11.6 Å². The van der Waals surface area contributed by atoms with Crippen LogP contribution in [0.4, 0.5) is 5.69 Å². The summed E-state index contributed by atoms with van der Waals surface area (Å²) < 4.78 is 6.52. The molecule has 0 unspecified atom stereocenters. The molecule has 6 heteroatoms. The van der Waals surface area contributed by atoms with Crippen LogP contribution in [-0.2, 0) is 10.3 Å². The van der Waals surface area contributed by atoms with E-state index in [1.54, 1.807) is 32.0 Å². The van der Waals surface area contributed by atoms with E-state index < -0.39 is 5.54 Å². The van der Waals surface area contributed by atoms with Gasteiger partial charge in [0.1, 0.15) is 11.2 Å². The highest BCUT2D eigenvalue weighted by atomic mass is 16.3. The summed E-state index contributed by atoms with van der Waals surface area (Å²) in [5.41, 5.74) is 1.65. The Labute approximate surface area is 151 Å². The van der Waals surface area contributed by atoms with Crippen LogP contribution in [0.1, 0.15) is 25.0 Å². The molecular weight excluding hydrogens is 330 g/mol. The van der Waals surface area contributed by atoms with Crippen LogP contribution in [-0.4, -0.2) is 15.7 Å². The minimum Gasteiger partial charge on any atom is -0.463 e. The van der Waals surface area contributed by atoms with Gasteiger partial charge in [0.2, 0.25) is 0 Å². The molecular formula is C20H21N3O3. The van der Waals surface area contributed by atoms with Crippen LogP contribution in [0.2, 0.25) is 0 Å². The summed E-state index contributed by atoms with van der Waals surface area (Å²) in [7, 11) is 0. The van der Waals surface area contributed by atoms with Gasteiger partial charge < -0.3 is 9.73 Å². The van der Waals surface area contributed by atoms with E-state index >= 15 is 0 Å². The number of rotatable bonds is 4. The number of aromatic nitrogens is 2. The zero-order valence-corrected chi connectivity index (χ0v) is 15.2. The third-order valence-electron chi connectivity index (χ3n) is 4.30. The van der Waals surface area contributed by atoms with Crippen molar-refractivity contribution in [3.05, 3.63) is 70.2 Å². The van der Waals surface area contributed by atoms with Crippen LogP contribution in [0.15, 0.2) is 57.9 Å². The molecule has 0 radical (unpaired) electrons. The molecule has 6 nitrogen and oxygen atoms in total. The molecule has 0 saturated heterocycles. The van der Waals surface area contributed by atoms with Gasteiger partial charge in [-0.15, -0.1) is 0 Å². The molecule has 3 aromatic rings. The SMILES string of the molecule is Cc1ccc(C)c(NC(=O)C(C)(C)n2nc(-c3ccco3)ccc2=O)c1. The Balaban J connectivity index is 1.96. The molecule has 0 spiro atoms. The van der Waals surface area contributed by atoms with Gasteiger partial charge in [0.05, 0.1) is 6.26 Å². The second-order valence-corrected chi connectivity index (χ2v) is 6.78. The molecule has 0 bridgehead atoms. The molecule has 0 aliphatic rings. The Hall–Kier alpha value is -3.15. The average Bonchev–Trinajstić information content (AvgIpc) is 3.13. The summed E-state index contributed by atoms with van der Waals surface area (Å²) in [6, 6.07) is 12.3. The van der Waals surface area contributed by atoms with Crippen molar-refractivity contribution in [3.63, 3.8) is 0 Å². The predicted molar refractivity (Wildman–Crippen MR) is 100 cm³/mol. The van der Waals surface area contributed by atoms with Crippen molar-refractivity contribution in [3.8, 4) is 11.5 Å². The fourth-order valence-electron chi connectivity index (χ4n) is 2.61. The number of anilines is 1. The summed E-state index contributed by atoms with van der Waals surface area (Å²) in [5.74, 6) is 0.210. The first kappa shape index (κ1) is 17.7. The Bertz CT molecular complexity index is 1000. The first-order valence-corrected chi connectivity index (χ1v) is 8.32. The van der Waals surface area contributed by atoms with Crippen molar-refractivity contribution in [1.29, 1.82) is 0 Å². The van der Waals surface area contributed by atoms with Gasteiger partial charge in [0.25, 0.3) is 11.5 Å². The Morgan fingerprint density at radius 3 is 2.62 bits per heavy atom. The molecule has 0 atom stereocenters. The molecule has 1 amide bonds. The van der Waals surface area contributed by atoms with E-state index in [0.717, 1.165) is 16.8 Å². The number of furan rings is 1. The molecule has 0 fully saturated rings. The van der Waals surface area contributed by atoms with Gasteiger partial charge in [-0.3, -0.25) is 9.59 Å². The van der Waals surface area contributed by atoms with Crippen LogP contribution in [0, 0.1) is 13.8 Å². The normalized spacial score (nSPS) is 11.4. The van der Waals surface area contributed by atoms with E-state index in [4.69, 9.17) is 4.42 Å². The smallest absolute Gasteiger partial charge is 0.267 e. The second-order valence-electron chi connectivity index (χ2n) is 6.78. The first-order valence-electron chi connectivity index (χ1n) is 8.32. The third-order valence-corrected chi connectivity index (χ3v) is 4.30. The standard InChI is InChI=1S/C20H21N3O3/c1-13-7-8-14(2)16(12-13)21-19(25)20(3,4)23-18(24)10-9-15(22-23)17-6-5-11-26-17/h5-12H,1-4H3,(H,21,25). The van der Waals surface area contributed by atoms with Gasteiger partial charge in [-0.25, -0.2) is 4.68 Å². The van der Waals surface area contributed by atoms with E-state index in [2.05, 4.69) is 10.4 Å². The van der Waals surface area contributed by atoms with Gasteiger partial charge in [-0.05, 0) is 63.1 Å². The van der Waals surface area contributed by atoms with Crippen molar-refractivity contribution < 1.29 is 9.21 Å². The predicted octanol–water partition coefficient (Wildman–Crippen LogP) is 3.49. The molecule has 0 aliphatic heterocycles. The Kier molecular flexibility index (Phi) is 4.50. The van der Waals surface area contributed by atoms with Crippen molar-refractivity contribution in [2.45, 2.75) is 33.2 Å². The minimum absolute atomic E-state index is 0.322. The number of aryl methyl sites for hydroxylation is 2. The molecule has 0 saturated carbocycles. The van der Waals surface area contributed by atoms with E-state index in [1.807, 2.05) is 32.0 Å². The van der Waals surface area contributed by atoms with Gasteiger partial charge in [-0.1, -0.05) is 12.1 Å². The lowest BCUT2D eigenvalue weighted by Gasteiger charge is -2.25. The van der Waals surface area contributed by atoms with Gasteiger partial charge >= 0.3 is 0 Å². The van der Waals surface area contributed by atoms with Crippen LogP contribution in [0.3, 0.4) is 0 Å². The van der Waals surface area contributed by atoms with Crippen molar-refractivity contribution in [2.75, 3.05) is 5.32 Å². The lowest BCUT2D eigenvalue weighted by atomic mass is 10.0. The zero-order valence-electron chi connectivity index (χ0n) is 15.2. The maximum atomic E-state index is 12.9. The first-order chi connectivity index (χ1) is 12.3. The number of hydrogen-bond donors (Lipinski definition) is 1. The van der Waals surface area contributed by atoms with Gasteiger partial charge in [0.15, 0.2) is 5.76 Å². The van der Waals surface area contributed by atoms with Crippen LogP contribution in [0.25, 0.3) is 11.5 Å².